The van der Waals surface area contributed by atoms with Gasteiger partial charge in [-0.3, -0.25) is 4.99 Å². The molecule has 0 saturated heterocycles. The Bertz CT molecular complexity index is 1190. The molecule has 0 atom stereocenters. The van der Waals surface area contributed by atoms with Crippen LogP contribution in [0.2, 0.25) is 5.02 Å². The van der Waals surface area contributed by atoms with Crippen LogP contribution in [0.15, 0.2) is 77.9 Å². The van der Waals surface area contributed by atoms with Gasteiger partial charge in [-0.1, -0.05) is 54.9 Å². The summed E-state index contributed by atoms with van der Waals surface area (Å²) in [5.74, 6) is 0. The van der Waals surface area contributed by atoms with E-state index < -0.39 is 0 Å². The predicted octanol–water partition coefficient (Wildman–Crippen LogP) is 7.03. The zero-order valence-electron chi connectivity index (χ0n) is 17.6. The summed E-state index contributed by atoms with van der Waals surface area (Å²) in [5, 5.41) is 2.11. The number of hydrogen-bond donors (Lipinski definition) is 1. The van der Waals surface area contributed by atoms with Crippen LogP contribution in [0.4, 0.5) is 0 Å². The Kier molecular flexibility index (Phi) is 6.35. The number of nitrogens with zero attached hydrogens (tertiary/aromatic N) is 1. The number of rotatable bonds is 7. The summed E-state index contributed by atoms with van der Waals surface area (Å²) in [6, 6.07) is 23.4. The molecule has 0 aliphatic rings. The molecule has 3 aromatic carbocycles. The molecule has 152 valence electrons. The van der Waals surface area contributed by atoms with Gasteiger partial charge >= 0.3 is 0 Å². The van der Waals surface area contributed by atoms with Gasteiger partial charge in [0.2, 0.25) is 0 Å². The van der Waals surface area contributed by atoms with Crippen molar-refractivity contribution in [1.29, 1.82) is 0 Å². The molecular formula is C27H27ClN2. The fourth-order valence-electron chi connectivity index (χ4n) is 3.88. The minimum Gasteiger partial charge on any atom is -0.361 e. The lowest BCUT2D eigenvalue weighted by atomic mass is 10.0. The largest absolute Gasteiger partial charge is 0.361 e. The van der Waals surface area contributed by atoms with E-state index in [0.717, 1.165) is 36.5 Å². The molecule has 1 aromatic heterocycles. The van der Waals surface area contributed by atoms with Crippen LogP contribution >= 0.6 is 11.6 Å². The van der Waals surface area contributed by atoms with E-state index in [1.54, 1.807) is 0 Å². The smallest absolute Gasteiger partial charge is 0.0456 e. The van der Waals surface area contributed by atoms with Crippen molar-refractivity contribution in [3.63, 3.8) is 0 Å². The van der Waals surface area contributed by atoms with Crippen molar-refractivity contribution in [2.24, 2.45) is 4.99 Å². The van der Waals surface area contributed by atoms with Gasteiger partial charge in [0.05, 0.1) is 0 Å². The lowest BCUT2D eigenvalue weighted by Crippen LogP contribution is -2.00. The number of aliphatic imine (C=N–C) groups is 1. The summed E-state index contributed by atoms with van der Waals surface area (Å²) >= 11 is 6.12. The fraction of sp³-hybridized carbons (Fsp3) is 0.222. The first-order valence-corrected chi connectivity index (χ1v) is 10.9. The van der Waals surface area contributed by atoms with Crippen LogP contribution in [0.25, 0.3) is 10.9 Å². The second-order valence-corrected chi connectivity index (χ2v) is 8.21. The molecule has 1 heterocycles. The molecule has 4 aromatic rings. The Morgan fingerprint density at radius 1 is 0.933 bits per heavy atom. The summed E-state index contributed by atoms with van der Waals surface area (Å²) in [6.45, 7) is 5.08. The second-order valence-electron chi connectivity index (χ2n) is 7.77. The Morgan fingerprint density at radius 2 is 1.73 bits per heavy atom. The summed E-state index contributed by atoms with van der Waals surface area (Å²) in [4.78, 5) is 8.25. The third-order valence-corrected chi connectivity index (χ3v) is 5.85. The number of nitrogens with one attached hydrogen (secondary N) is 1. The number of hydrogen-bond acceptors (Lipinski definition) is 1. The molecule has 3 heteroatoms. The van der Waals surface area contributed by atoms with Gasteiger partial charge in [0.1, 0.15) is 0 Å². The third kappa shape index (κ3) is 4.83. The van der Waals surface area contributed by atoms with Crippen LogP contribution in [0, 0.1) is 0 Å². The highest BCUT2D eigenvalue weighted by molar-refractivity contribution is 6.30. The number of fused-ring (bicyclic) bond motifs is 1. The highest BCUT2D eigenvalue weighted by Crippen LogP contribution is 2.21. The Balaban J connectivity index is 1.45. The molecule has 0 unspecified atom stereocenters. The molecule has 0 fully saturated rings. The van der Waals surface area contributed by atoms with Crippen molar-refractivity contribution in [2.75, 3.05) is 6.54 Å². The Hall–Kier alpha value is -2.84. The highest BCUT2D eigenvalue weighted by atomic mass is 35.5. The van der Waals surface area contributed by atoms with Crippen LogP contribution in [-0.4, -0.2) is 17.2 Å². The van der Waals surface area contributed by atoms with Gasteiger partial charge in [-0.05, 0) is 84.3 Å². The molecule has 2 nitrogen and oxygen atoms in total. The normalized spacial score (nSPS) is 11.9. The number of benzene rings is 3. The van der Waals surface area contributed by atoms with E-state index in [1.165, 1.54) is 38.7 Å². The third-order valence-electron chi connectivity index (χ3n) is 5.61. The first-order chi connectivity index (χ1) is 14.6. The number of halogens is 1. The molecule has 1 N–H and O–H groups in total. The molecule has 0 amide bonds. The summed E-state index contributed by atoms with van der Waals surface area (Å²) in [7, 11) is 0. The zero-order chi connectivity index (χ0) is 20.9. The van der Waals surface area contributed by atoms with Crippen molar-refractivity contribution >= 4 is 28.2 Å². The van der Waals surface area contributed by atoms with Crippen molar-refractivity contribution < 1.29 is 0 Å². The molecule has 0 aliphatic heterocycles. The number of aryl methyl sites for hydroxylation is 1. The Labute approximate surface area is 183 Å². The van der Waals surface area contributed by atoms with Gasteiger partial charge in [0.15, 0.2) is 0 Å². The molecular weight excluding hydrogens is 388 g/mol. The number of aromatic amines is 1. The Morgan fingerprint density at radius 3 is 2.53 bits per heavy atom. The molecule has 0 spiro atoms. The fourth-order valence-corrected chi connectivity index (χ4v) is 4.09. The molecule has 0 radical (unpaired) electrons. The van der Waals surface area contributed by atoms with Gasteiger partial charge in [-0.2, -0.15) is 0 Å². The van der Waals surface area contributed by atoms with E-state index >= 15 is 0 Å². The van der Waals surface area contributed by atoms with Crippen molar-refractivity contribution in [1.82, 2.24) is 4.98 Å². The van der Waals surface area contributed by atoms with E-state index in [2.05, 4.69) is 73.6 Å². The van der Waals surface area contributed by atoms with Gasteiger partial charge < -0.3 is 4.98 Å². The molecule has 4 rings (SSSR count). The second kappa shape index (κ2) is 9.32. The van der Waals surface area contributed by atoms with Crippen molar-refractivity contribution in [3.05, 3.63) is 106 Å². The van der Waals surface area contributed by atoms with Crippen molar-refractivity contribution in [2.45, 2.75) is 33.1 Å². The monoisotopic (exact) mass is 414 g/mol. The van der Waals surface area contributed by atoms with Gasteiger partial charge in [-0.15, -0.1) is 0 Å². The lowest BCUT2D eigenvalue weighted by Gasteiger charge is -2.07. The highest BCUT2D eigenvalue weighted by Gasteiger charge is 2.05. The van der Waals surface area contributed by atoms with Gasteiger partial charge in [0, 0.05) is 34.4 Å². The minimum absolute atomic E-state index is 0.782. The maximum Gasteiger partial charge on any atom is 0.0456 e. The first kappa shape index (κ1) is 20.4. The van der Waals surface area contributed by atoms with Crippen LogP contribution < -0.4 is 0 Å². The van der Waals surface area contributed by atoms with E-state index in [1.807, 2.05) is 18.2 Å². The first-order valence-electron chi connectivity index (χ1n) is 10.6. The van der Waals surface area contributed by atoms with E-state index in [4.69, 9.17) is 16.6 Å². The number of aromatic nitrogens is 1. The zero-order valence-corrected chi connectivity index (χ0v) is 18.3. The maximum absolute atomic E-state index is 6.12. The van der Waals surface area contributed by atoms with Crippen molar-refractivity contribution in [3.8, 4) is 0 Å². The van der Waals surface area contributed by atoms with Crippen LogP contribution in [0.1, 0.15) is 41.7 Å². The van der Waals surface area contributed by atoms with Crippen LogP contribution in [0.5, 0.6) is 0 Å². The van der Waals surface area contributed by atoms with Crippen LogP contribution in [0.3, 0.4) is 0 Å². The molecule has 0 aliphatic carbocycles. The van der Waals surface area contributed by atoms with Gasteiger partial charge in [0.25, 0.3) is 0 Å². The SMILES string of the molecule is CCc1ccc2[nH]cc(CCN=C(C)c3cccc(Cc4cccc(Cl)c4)c3)c2c1. The average molecular weight is 415 g/mol. The van der Waals surface area contributed by atoms with Crippen LogP contribution in [-0.2, 0) is 19.3 Å². The molecule has 0 bridgehead atoms. The lowest BCUT2D eigenvalue weighted by molar-refractivity contribution is 0.974. The topological polar surface area (TPSA) is 28.1 Å². The average Bonchev–Trinajstić information content (AvgIpc) is 3.16. The quantitative estimate of drug-likeness (QED) is 0.314. The summed E-state index contributed by atoms with van der Waals surface area (Å²) in [5.41, 5.74) is 8.68. The summed E-state index contributed by atoms with van der Waals surface area (Å²) < 4.78 is 0. The van der Waals surface area contributed by atoms with E-state index in [0.29, 0.717) is 0 Å². The molecule has 0 saturated carbocycles. The van der Waals surface area contributed by atoms with E-state index in [-0.39, 0.29) is 0 Å². The van der Waals surface area contributed by atoms with E-state index in [9.17, 15) is 0 Å². The number of H-pyrrole nitrogens is 1. The molecule has 30 heavy (non-hydrogen) atoms. The summed E-state index contributed by atoms with van der Waals surface area (Å²) in [6.07, 6.45) is 4.99. The maximum atomic E-state index is 6.12. The predicted molar refractivity (Wildman–Crippen MR) is 129 cm³/mol. The standard InChI is InChI=1S/C27H27ClN2/c1-3-20-10-11-27-26(17-20)24(18-30-27)12-13-29-19(2)23-8-4-6-21(15-23)14-22-7-5-9-25(28)16-22/h4-11,15-18,30H,3,12-14H2,1-2H3. The van der Waals surface area contributed by atoms with Gasteiger partial charge in [-0.25, -0.2) is 0 Å². The minimum atomic E-state index is 0.782.